The number of carbonyl (C=O) groups excluding carboxylic acids is 1. The Morgan fingerprint density at radius 2 is 1.89 bits per heavy atom. The summed E-state index contributed by atoms with van der Waals surface area (Å²) in [5.41, 5.74) is 1.56. The number of halogens is 2. The van der Waals surface area contributed by atoms with E-state index < -0.39 is 0 Å². The summed E-state index contributed by atoms with van der Waals surface area (Å²) in [6.07, 6.45) is 0.311. The molecule has 2 nitrogen and oxygen atoms in total. The van der Waals surface area contributed by atoms with Crippen LogP contribution >= 0.6 is 31.9 Å². The van der Waals surface area contributed by atoms with Gasteiger partial charge in [0.25, 0.3) is 0 Å². The lowest BCUT2D eigenvalue weighted by atomic mass is 10.0. The van der Waals surface area contributed by atoms with Crippen LogP contribution in [0.25, 0.3) is 0 Å². The summed E-state index contributed by atoms with van der Waals surface area (Å²) >= 11 is 6.81. The normalized spacial score (nSPS) is 10.3. The molecule has 0 heterocycles. The molecule has 0 aliphatic heterocycles. The zero-order valence-corrected chi connectivity index (χ0v) is 13.5. The monoisotopic (exact) mass is 382 g/mol. The minimum absolute atomic E-state index is 0.0591. The second kappa shape index (κ2) is 6.35. The fourth-order valence-corrected chi connectivity index (χ4v) is 2.76. The average molecular weight is 384 g/mol. The first-order valence-electron chi connectivity index (χ1n) is 5.72. The van der Waals surface area contributed by atoms with Gasteiger partial charge < -0.3 is 4.74 Å². The van der Waals surface area contributed by atoms with E-state index in [-0.39, 0.29) is 5.78 Å². The minimum atomic E-state index is 0.0591. The molecule has 0 bridgehead atoms. The van der Waals surface area contributed by atoms with Gasteiger partial charge in [-0.3, -0.25) is 4.79 Å². The predicted molar refractivity (Wildman–Crippen MR) is 82.9 cm³/mol. The van der Waals surface area contributed by atoms with Crippen LogP contribution in [-0.4, -0.2) is 12.9 Å². The van der Waals surface area contributed by atoms with Crippen LogP contribution in [-0.2, 0) is 6.42 Å². The van der Waals surface area contributed by atoms with E-state index in [1.54, 1.807) is 7.11 Å². The summed E-state index contributed by atoms with van der Waals surface area (Å²) < 4.78 is 7.03. The standard InChI is InChI=1S/C15H12Br2O2/c1-19-15-7-6-11(16)8-10(15)9-14(18)12-4-2-3-5-13(12)17/h2-8H,9H2,1H3. The van der Waals surface area contributed by atoms with Gasteiger partial charge in [-0.05, 0) is 24.3 Å². The predicted octanol–water partition coefficient (Wildman–Crippen LogP) is 4.65. The molecule has 0 saturated heterocycles. The van der Waals surface area contributed by atoms with E-state index in [0.29, 0.717) is 12.0 Å². The number of ether oxygens (including phenoxy) is 1. The lowest BCUT2D eigenvalue weighted by Crippen LogP contribution is -2.05. The molecule has 0 atom stereocenters. The Balaban J connectivity index is 2.29. The smallest absolute Gasteiger partial charge is 0.168 e. The Bertz CT molecular complexity index is 609. The molecular formula is C15H12Br2O2. The van der Waals surface area contributed by atoms with Crippen molar-refractivity contribution in [3.05, 3.63) is 62.5 Å². The molecule has 0 spiro atoms. The van der Waals surface area contributed by atoms with Crippen molar-refractivity contribution >= 4 is 37.6 Å². The van der Waals surface area contributed by atoms with Crippen LogP contribution in [0.2, 0.25) is 0 Å². The van der Waals surface area contributed by atoms with Crippen molar-refractivity contribution < 1.29 is 9.53 Å². The van der Waals surface area contributed by atoms with Crippen molar-refractivity contribution in [3.8, 4) is 5.75 Å². The van der Waals surface area contributed by atoms with Gasteiger partial charge in [0.2, 0.25) is 0 Å². The molecule has 0 aliphatic rings. The Morgan fingerprint density at radius 1 is 1.16 bits per heavy atom. The number of ketones is 1. The molecule has 2 rings (SSSR count). The molecule has 0 aliphatic carbocycles. The molecule has 4 heteroatoms. The Hall–Kier alpha value is -1.13. The lowest BCUT2D eigenvalue weighted by molar-refractivity contribution is 0.0991. The van der Waals surface area contributed by atoms with Gasteiger partial charge in [0.05, 0.1) is 7.11 Å². The molecule has 2 aromatic carbocycles. The van der Waals surface area contributed by atoms with Gasteiger partial charge in [-0.2, -0.15) is 0 Å². The zero-order valence-electron chi connectivity index (χ0n) is 10.3. The summed E-state index contributed by atoms with van der Waals surface area (Å²) in [6, 6.07) is 13.1. The SMILES string of the molecule is COc1ccc(Br)cc1CC(=O)c1ccccc1Br. The number of benzene rings is 2. The summed E-state index contributed by atoms with van der Waals surface area (Å²) in [7, 11) is 1.61. The molecule has 0 unspecified atom stereocenters. The van der Waals surface area contributed by atoms with Crippen molar-refractivity contribution in [2.24, 2.45) is 0 Å². The highest BCUT2D eigenvalue weighted by atomic mass is 79.9. The van der Waals surface area contributed by atoms with Crippen LogP contribution in [0.4, 0.5) is 0 Å². The largest absolute Gasteiger partial charge is 0.496 e. The highest BCUT2D eigenvalue weighted by Crippen LogP contribution is 2.25. The lowest BCUT2D eigenvalue weighted by Gasteiger charge is -2.09. The van der Waals surface area contributed by atoms with E-state index >= 15 is 0 Å². The van der Waals surface area contributed by atoms with Crippen LogP contribution in [0.1, 0.15) is 15.9 Å². The molecular weight excluding hydrogens is 372 g/mol. The van der Waals surface area contributed by atoms with Crippen molar-refractivity contribution in [1.82, 2.24) is 0 Å². The van der Waals surface area contributed by atoms with Gasteiger partial charge in [-0.15, -0.1) is 0 Å². The third kappa shape index (κ3) is 3.45. The summed E-state index contributed by atoms with van der Waals surface area (Å²) in [5, 5.41) is 0. The number of Topliss-reactive ketones (excluding diaryl/α,β-unsaturated/α-hetero) is 1. The van der Waals surface area contributed by atoms with Gasteiger partial charge in [-0.25, -0.2) is 0 Å². The first kappa shape index (κ1) is 14.3. The zero-order chi connectivity index (χ0) is 13.8. The van der Waals surface area contributed by atoms with Crippen LogP contribution in [0.5, 0.6) is 5.75 Å². The summed E-state index contributed by atoms with van der Waals surface area (Å²) in [4.78, 5) is 12.3. The van der Waals surface area contributed by atoms with Crippen LogP contribution in [0, 0.1) is 0 Å². The van der Waals surface area contributed by atoms with Gasteiger partial charge >= 0.3 is 0 Å². The first-order chi connectivity index (χ1) is 9.11. The molecule has 0 aromatic heterocycles. The maximum atomic E-state index is 12.3. The van der Waals surface area contributed by atoms with E-state index in [9.17, 15) is 4.79 Å². The van der Waals surface area contributed by atoms with Crippen LogP contribution < -0.4 is 4.74 Å². The fourth-order valence-electron chi connectivity index (χ4n) is 1.84. The Kier molecular flexibility index (Phi) is 4.77. The van der Waals surface area contributed by atoms with E-state index in [4.69, 9.17) is 4.74 Å². The maximum absolute atomic E-state index is 12.3. The van der Waals surface area contributed by atoms with E-state index in [1.807, 2.05) is 42.5 Å². The highest BCUT2D eigenvalue weighted by molar-refractivity contribution is 9.10. The van der Waals surface area contributed by atoms with Crippen molar-refractivity contribution in [2.45, 2.75) is 6.42 Å². The van der Waals surface area contributed by atoms with E-state index in [0.717, 1.165) is 20.3 Å². The van der Waals surface area contributed by atoms with Crippen LogP contribution in [0.3, 0.4) is 0 Å². The van der Waals surface area contributed by atoms with E-state index in [1.165, 1.54) is 0 Å². The number of carbonyl (C=O) groups is 1. The number of hydrogen-bond donors (Lipinski definition) is 0. The van der Waals surface area contributed by atoms with Crippen molar-refractivity contribution in [1.29, 1.82) is 0 Å². The van der Waals surface area contributed by atoms with E-state index in [2.05, 4.69) is 31.9 Å². The van der Waals surface area contributed by atoms with Gasteiger partial charge in [-0.1, -0.05) is 50.1 Å². The summed E-state index contributed by atoms with van der Waals surface area (Å²) in [5.74, 6) is 0.785. The molecule has 19 heavy (non-hydrogen) atoms. The van der Waals surface area contributed by atoms with Gasteiger partial charge in [0.1, 0.15) is 5.75 Å². The minimum Gasteiger partial charge on any atom is -0.496 e. The number of rotatable bonds is 4. The number of methoxy groups -OCH3 is 1. The quantitative estimate of drug-likeness (QED) is 0.718. The van der Waals surface area contributed by atoms with Gasteiger partial charge in [0.15, 0.2) is 5.78 Å². The molecule has 0 saturated carbocycles. The second-order valence-electron chi connectivity index (χ2n) is 4.04. The van der Waals surface area contributed by atoms with Crippen molar-refractivity contribution in [2.75, 3.05) is 7.11 Å². The molecule has 0 N–H and O–H groups in total. The molecule has 0 fully saturated rings. The van der Waals surface area contributed by atoms with Gasteiger partial charge in [0, 0.05) is 26.5 Å². The highest BCUT2D eigenvalue weighted by Gasteiger charge is 2.13. The summed E-state index contributed by atoms with van der Waals surface area (Å²) in [6.45, 7) is 0. The third-order valence-corrected chi connectivity index (χ3v) is 3.95. The molecule has 0 radical (unpaired) electrons. The Labute approximate surface area is 129 Å². The number of hydrogen-bond acceptors (Lipinski definition) is 2. The topological polar surface area (TPSA) is 26.3 Å². The average Bonchev–Trinajstić information content (AvgIpc) is 2.39. The maximum Gasteiger partial charge on any atom is 0.168 e. The first-order valence-corrected chi connectivity index (χ1v) is 7.30. The molecule has 98 valence electrons. The molecule has 0 amide bonds. The third-order valence-electron chi connectivity index (χ3n) is 2.77. The van der Waals surface area contributed by atoms with Crippen molar-refractivity contribution in [3.63, 3.8) is 0 Å². The second-order valence-corrected chi connectivity index (χ2v) is 5.81. The fraction of sp³-hybridized carbons (Fsp3) is 0.133. The molecule has 2 aromatic rings. The van der Waals surface area contributed by atoms with Crippen LogP contribution in [0.15, 0.2) is 51.4 Å². The Morgan fingerprint density at radius 3 is 2.58 bits per heavy atom.